The van der Waals surface area contributed by atoms with Gasteiger partial charge in [0.1, 0.15) is 0 Å². The maximum atomic E-state index is 3.68. The highest BCUT2D eigenvalue weighted by Crippen LogP contribution is 2.50. The van der Waals surface area contributed by atoms with Crippen LogP contribution in [0.4, 0.5) is 0 Å². The highest BCUT2D eigenvalue weighted by molar-refractivity contribution is 9.10. The molecule has 0 unspecified atom stereocenters. The van der Waals surface area contributed by atoms with Crippen molar-refractivity contribution in [1.82, 2.24) is 0 Å². The predicted molar refractivity (Wildman–Crippen MR) is 140 cm³/mol. The first kappa shape index (κ1) is 19.5. The van der Waals surface area contributed by atoms with Crippen molar-refractivity contribution in [2.45, 2.75) is 19.3 Å². The van der Waals surface area contributed by atoms with Crippen LogP contribution >= 0.6 is 15.9 Å². The van der Waals surface area contributed by atoms with Crippen LogP contribution in [0.25, 0.3) is 44.2 Å². The molecule has 1 aliphatic carbocycles. The fourth-order valence-corrected chi connectivity index (χ4v) is 5.61. The zero-order valence-electron chi connectivity index (χ0n) is 18.2. The van der Waals surface area contributed by atoms with Gasteiger partial charge in [-0.2, -0.15) is 0 Å². The first-order chi connectivity index (χ1) is 15.5. The lowest BCUT2D eigenvalue weighted by Gasteiger charge is -2.21. The topological polar surface area (TPSA) is 0 Å². The van der Waals surface area contributed by atoms with Gasteiger partial charge in [0, 0.05) is 9.89 Å². The molecule has 0 radical (unpaired) electrons. The van der Waals surface area contributed by atoms with Gasteiger partial charge >= 0.3 is 0 Å². The molecule has 0 spiro atoms. The number of hydrogen-bond donors (Lipinski definition) is 0. The molecule has 6 rings (SSSR count). The molecule has 0 nitrogen and oxygen atoms in total. The van der Waals surface area contributed by atoms with Crippen molar-refractivity contribution in [3.63, 3.8) is 0 Å². The van der Waals surface area contributed by atoms with Crippen LogP contribution in [0.15, 0.2) is 108 Å². The van der Waals surface area contributed by atoms with E-state index in [1.807, 2.05) is 0 Å². The van der Waals surface area contributed by atoms with Gasteiger partial charge in [-0.3, -0.25) is 0 Å². The predicted octanol–water partition coefficient (Wildman–Crippen LogP) is 9.24. The molecule has 32 heavy (non-hydrogen) atoms. The second kappa shape index (κ2) is 7.18. The minimum Gasteiger partial charge on any atom is -0.0616 e. The summed E-state index contributed by atoms with van der Waals surface area (Å²) < 4.78 is 1.13. The Kier molecular flexibility index (Phi) is 4.38. The summed E-state index contributed by atoms with van der Waals surface area (Å²) in [6, 6.07) is 37.8. The zero-order valence-corrected chi connectivity index (χ0v) is 19.8. The van der Waals surface area contributed by atoms with E-state index in [9.17, 15) is 0 Å². The van der Waals surface area contributed by atoms with Crippen LogP contribution in [-0.4, -0.2) is 0 Å². The first-order valence-corrected chi connectivity index (χ1v) is 11.9. The van der Waals surface area contributed by atoms with Crippen LogP contribution in [0.3, 0.4) is 0 Å². The first-order valence-electron chi connectivity index (χ1n) is 11.1. The van der Waals surface area contributed by atoms with Crippen molar-refractivity contribution in [3.8, 4) is 33.4 Å². The Labute approximate surface area is 197 Å². The largest absolute Gasteiger partial charge is 0.0616 e. The van der Waals surface area contributed by atoms with E-state index in [1.165, 1.54) is 55.3 Å². The highest BCUT2D eigenvalue weighted by Gasteiger charge is 2.35. The third-order valence-corrected chi connectivity index (χ3v) is 7.43. The second-order valence-electron chi connectivity index (χ2n) is 9.18. The molecule has 0 aliphatic heterocycles. The lowest BCUT2D eigenvalue weighted by Crippen LogP contribution is -2.14. The normalized spacial score (nSPS) is 13.7. The van der Waals surface area contributed by atoms with Gasteiger partial charge in [0.25, 0.3) is 0 Å². The van der Waals surface area contributed by atoms with E-state index in [0.717, 1.165) is 4.47 Å². The van der Waals surface area contributed by atoms with Gasteiger partial charge in [0.05, 0.1) is 0 Å². The van der Waals surface area contributed by atoms with Crippen molar-refractivity contribution >= 4 is 26.7 Å². The molecule has 5 aromatic rings. The van der Waals surface area contributed by atoms with Gasteiger partial charge in [0.15, 0.2) is 0 Å². The minimum absolute atomic E-state index is 0.0156. The van der Waals surface area contributed by atoms with E-state index < -0.39 is 0 Å². The zero-order chi connectivity index (χ0) is 21.9. The van der Waals surface area contributed by atoms with E-state index in [0.29, 0.717) is 0 Å². The molecule has 0 amide bonds. The molecule has 1 aliphatic rings. The van der Waals surface area contributed by atoms with Crippen LogP contribution in [0, 0.1) is 0 Å². The molecule has 0 heterocycles. The van der Waals surface area contributed by atoms with Crippen LogP contribution < -0.4 is 0 Å². The van der Waals surface area contributed by atoms with Crippen LogP contribution in [0.2, 0.25) is 0 Å². The standard InChI is InChI=1S/C31H23Br/c1-31(2)29-15-13-23(18-27(29)28-19-24(32)14-16-30(28)31)26-10-6-5-9-25(26)22-12-11-20-7-3-4-8-21(20)17-22/h3-19H,1-2H3. The smallest absolute Gasteiger partial charge is 0.0181 e. The van der Waals surface area contributed by atoms with E-state index in [-0.39, 0.29) is 5.41 Å². The minimum atomic E-state index is 0.0156. The summed E-state index contributed by atoms with van der Waals surface area (Å²) in [4.78, 5) is 0. The number of halogens is 1. The molecule has 0 aromatic heterocycles. The number of fused-ring (bicyclic) bond motifs is 4. The number of rotatable bonds is 2. The average Bonchev–Trinajstić information content (AvgIpc) is 3.04. The highest BCUT2D eigenvalue weighted by atomic mass is 79.9. The lowest BCUT2D eigenvalue weighted by atomic mass is 9.82. The Morgan fingerprint density at radius 3 is 1.81 bits per heavy atom. The molecular weight excluding hydrogens is 452 g/mol. The van der Waals surface area contributed by atoms with Gasteiger partial charge in [-0.1, -0.05) is 109 Å². The second-order valence-corrected chi connectivity index (χ2v) is 10.1. The Morgan fingerprint density at radius 1 is 0.500 bits per heavy atom. The Hall–Kier alpha value is -3.16. The Morgan fingerprint density at radius 2 is 1.06 bits per heavy atom. The van der Waals surface area contributed by atoms with Crippen molar-refractivity contribution in [2.24, 2.45) is 0 Å². The SMILES string of the molecule is CC1(C)c2ccc(Br)cc2-c2cc(-c3ccccc3-c3ccc4ccccc4c3)ccc21. The average molecular weight is 475 g/mol. The monoisotopic (exact) mass is 474 g/mol. The summed E-state index contributed by atoms with van der Waals surface area (Å²) in [5.74, 6) is 0. The molecule has 0 saturated heterocycles. The van der Waals surface area contributed by atoms with Crippen molar-refractivity contribution in [3.05, 3.63) is 119 Å². The van der Waals surface area contributed by atoms with Gasteiger partial charge in [-0.25, -0.2) is 0 Å². The molecule has 0 saturated carbocycles. The van der Waals surface area contributed by atoms with Crippen LogP contribution in [0.1, 0.15) is 25.0 Å². The quantitative estimate of drug-likeness (QED) is 0.239. The van der Waals surface area contributed by atoms with Crippen molar-refractivity contribution in [2.75, 3.05) is 0 Å². The van der Waals surface area contributed by atoms with Gasteiger partial charge < -0.3 is 0 Å². The van der Waals surface area contributed by atoms with Gasteiger partial charge in [-0.15, -0.1) is 0 Å². The summed E-state index contributed by atoms with van der Waals surface area (Å²) in [5, 5.41) is 2.55. The third kappa shape index (κ3) is 2.96. The van der Waals surface area contributed by atoms with E-state index in [1.54, 1.807) is 0 Å². The van der Waals surface area contributed by atoms with Crippen molar-refractivity contribution < 1.29 is 0 Å². The summed E-state index contributed by atoms with van der Waals surface area (Å²) in [5.41, 5.74) is 10.5. The van der Waals surface area contributed by atoms with Gasteiger partial charge in [0.2, 0.25) is 0 Å². The molecule has 0 N–H and O–H groups in total. The molecule has 0 atom stereocenters. The van der Waals surface area contributed by atoms with Gasteiger partial charge in [-0.05, 0) is 79.5 Å². The van der Waals surface area contributed by atoms with Crippen LogP contribution in [-0.2, 0) is 5.41 Å². The van der Waals surface area contributed by atoms with Crippen LogP contribution in [0.5, 0.6) is 0 Å². The number of benzene rings is 5. The fraction of sp³-hybridized carbons (Fsp3) is 0.0968. The maximum absolute atomic E-state index is 3.68. The molecule has 5 aromatic carbocycles. The van der Waals surface area contributed by atoms with E-state index in [2.05, 4.69) is 133 Å². The summed E-state index contributed by atoms with van der Waals surface area (Å²) >= 11 is 3.68. The third-order valence-electron chi connectivity index (χ3n) is 6.94. The fourth-order valence-electron chi connectivity index (χ4n) is 5.25. The maximum Gasteiger partial charge on any atom is 0.0181 e. The molecule has 1 heteroatoms. The lowest BCUT2D eigenvalue weighted by molar-refractivity contribution is 0.660. The Bertz CT molecular complexity index is 1510. The number of hydrogen-bond acceptors (Lipinski definition) is 0. The molecule has 0 fully saturated rings. The van der Waals surface area contributed by atoms with Crippen molar-refractivity contribution in [1.29, 1.82) is 0 Å². The Balaban J connectivity index is 1.54. The molecule has 154 valence electrons. The summed E-state index contributed by atoms with van der Waals surface area (Å²) in [6.45, 7) is 4.66. The summed E-state index contributed by atoms with van der Waals surface area (Å²) in [6.07, 6.45) is 0. The van der Waals surface area contributed by atoms with E-state index >= 15 is 0 Å². The molecular formula is C31H23Br. The molecule has 0 bridgehead atoms. The van der Waals surface area contributed by atoms with E-state index in [4.69, 9.17) is 0 Å². The summed E-state index contributed by atoms with van der Waals surface area (Å²) in [7, 11) is 0.